The first-order valence-corrected chi connectivity index (χ1v) is 17.5. The Morgan fingerprint density at radius 1 is 0.465 bits per heavy atom. The van der Waals surface area contributed by atoms with Crippen molar-refractivity contribution in [3.05, 3.63) is 60.7 Å². The van der Waals surface area contributed by atoms with Gasteiger partial charge in [-0.1, -0.05) is 91.8 Å². The Balaban J connectivity index is 1.74. The number of nitrogens with zero attached hydrogens (tertiary/aromatic N) is 2. The van der Waals surface area contributed by atoms with Crippen LogP contribution >= 0.6 is 0 Å². The summed E-state index contributed by atoms with van der Waals surface area (Å²) in [5, 5.41) is 5.06. The molecular weight excluding hydrogens is 532 g/mol. The fourth-order valence-corrected chi connectivity index (χ4v) is 8.46. The lowest BCUT2D eigenvalue weighted by atomic mass is 9.71. The summed E-state index contributed by atoms with van der Waals surface area (Å²) in [5.41, 5.74) is -0.494. The van der Waals surface area contributed by atoms with Crippen molar-refractivity contribution >= 4 is 0 Å². The summed E-state index contributed by atoms with van der Waals surface area (Å²) in [6.07, 6.45) is 12.3. The maximum atomic E-state index is 7.68. The van der Waals surface area contributed by atoms with Gasteiger partial charge in [0.15, 0.2) is 0 Å². The molecular formula is C38H60N2O3. The molecule has 0 aromatic heterocycles. The minimum Gasteiger partial charge on any atom is -0.490 e. The van der Waals surface area contributed by atoms with E-state index in [4.69, 9.17) is 14.4 Å². The number of hydrogen-bond acceptors (Lipinski definition) is 5. The molecule has 0 bridgehead atoms. The molecule has 0 amide bonds. The molecule has 240 valence electrons. The van der Waals surface area contributed by atoms with Crippen LogP contribution in [0.15, 0.2) is 60.7 Å². The van der Waals surface area contributed by atoms with Crippen molar-refractivity contribution in [2.24, 2.45) is 0 Å². The van der Waals surface area contributed by atoms with Gasteiger partial charge in [0.25, 0.3) is 0 Å². The van der Waals surface area contributed by atoms with Crippen LogP contribution in [0.2, 0.25) is 0 Å². The quantitative estimate of drug-likeness (QED) is 0.218. The van der Waals surface area contributed by atoms with Gasteiger partial charge in [-0.15, -0.1) is 0 Å². The van der Waals surface area contributed by atoms with Gasteiger partial charge in [-0.2, -0.15) is 10.1 Å². The normalized spacial score (nSPS) is 22.3. The van der Waals surface area contributed by atoms with E-state index in [2.05, 4.69) is 126 Å². The summed E-state index contributed by atoms with van der Waals surface area (Å²) in [5.74, 6) is 1.94. The predicted molar refractivity (Wildman–Crippen MR) is 178 cm³/mol. The Morgan fingerprint density at radius 2 is 0.721 bits per heavy atom. The molecule has 0 aliphatic carbocycles. The van der Waals surface area contributed by atoms with Crippen molar-refractivity contribution in [2.75, 3.05) is 0 Å². The number of benzene rings is 2. The first kappa shape index (κ1) is 33.8. The van der Waals surface area contributed by atoms with E-state index < -0.39 is 0 Å². The van der Waals surface area contributed by atoms with Gasteiger partial charge < -0.3 is 9.47 Å². The molecule has 0 N–H and O–H groups in total. The van der Waals surface area contributed by atoms with Crippen LogP contribution in [0.25, 0.3) is 0 Å². The van der Waals surface area contributed by atoms with Gasteiger partial charge in [-0.05, 0) is 75.6 Å². The van der Waals surface area contributed by atoms with E-state index in [1.807, 2.05) is 0 Å². The van der Waals surface area contributed by atoms with Crippen molar-refractivity contribution in [2.45, 2.75) is 167 Å². The highest BCUT2D eigenvalue weighted by Crippen LogP contribution is 2.52. The maximum Gasteiger partial charge on any atom is 0.119 e. The van der Waals surface area contributed by atoms with Crippen LogP contribution in [0.1, 0.15) is 132 Å². The van der Waals surface area contributed by atoms with E-state index in [0.717, 1.165) is 88.5 Å². The van der Waals surface area contributed by atoms with E-state index in [9.17, 15) is 0 Å². The van der Waals surface area contributed by atoms with Gasteiger partial charge in [-0.3, -0.25) is 0 Å². The van der Waals surface area contributed by atoms with Crippen molar-refractivity contribution < 1.29 is 14.4 Å². The molecule has 0 atom stereocenters. The first-order valence-electron chi connectivity index (χ1n) is 17.5. The average molecular weight is 593 g/mol. The van der Waals surface area contributed by atoms with Crippen LogP contribution in [-0.2, 0) is 4.94 Å². The summed E-state index contributed by atoms with van der Waals surface area (Å²) in [6.45, 7) is 18.8. The highest BCUT2D eigenvalue weighted by atomic mass is 16.8. The third kappa shape index (κ3) is 6.51. The van der Waals surface area contributed by atoms with Gasteiger partial charge >= 0.3 is 0 Å². The third-order valence-corrected chi connectivity index (χ3v) is 11.7. The van der Waals surface area contributed by atoms with Crippen LogP contribution in [0.5, 0.6) is 11.5 Å². The molecule has 2 aromatic carbocycles. The van der Waals surface area contributed by atoms with Crippen LogP contribution in [0.3, 0.4) is 0 Å². The number of para-hydroxylation sites is 2. The van der Waals surface area contributed by atoms with E-state index >= 15 is 0 Å². The fourth-order valence-electron chi connectivity index (χ4n) is 8.46. The number of hydrogen-bond donors (Lipinski definition) is 0. The lowest BCUT2D eigenvalue weighted by Crippen LogP contribution is -2.73. The molecule has 5 heteroatoms. The van der Waals surface area contributed by atoms with E-state index in [1.165, 1.54) is 0 Å². The number of ether oxygens (including phenoxy) is 2. The summed E-state index contributed by atoms with van der Waals surface area (Å²) >= 11 is 0. The number of piperidine rings is 2. The van der Waals surface area contributed by atoms with Gasteiger partial charge in [0.05, 0.1) is 22.2 Å². The molecule has 43 heavy (non-hydrogen) atoms. The smallest absolute Gasteiger partial charge is 0.119 e. The van der Waals surface area contributed by atoms with Crippen molar-refractivity contribution in [3.63, 3.8) is 0 Å². The zero-order valence-corrected chi connectivity index (χ0v) is 28.5. The summed E-state index contributed by atoms with van der Waals surface area (Å²) < 4.78 is 13.5. The molecule has 5 nitrogen and oxygen atoms in total. The fraction of sp³-hybridized carbons (Fsp3) is 0.684. The second-order valence-corrected chi connectivity index (χ2v) is 13.3. The molecule has 2 aromatic rings. The lowest BCUT2D eigenvalue weighted by molar-refractivity contribution is -0.464. The first-order chi connectivity index (χ1) is 20.8. The van der Waals surface area contributed by atoms with Crippen molar-refractivity contribution in [3.8, 4) is 11.5 Å². The van der Waals surface area contributed by atoms with Crippen LogP contribution in [0, 0.1) is 0 Å². The summed E-state index contributed by atoms with van der Waals surface area (Å²) in [4.78, 5) is 7.68. The van der Waals surface area contributed by atoms with Crippen LogP contribution < -0.4 is 9.47 Å². The topological polar surface area (TPSA) is 34.2 Å². The molecule has 2 fully saturated rings. The third-order valence-electron chi connectivity index (χ3n) is 11.7. The Bertz CT molecular complexity index is 959. The minimum atomic E-state index is -0.123. The second-order valence-electron chi connectivity index (χ2n) is 13.3. The molecule has 4 rings (SSSR count). The maximum absolute atomic E-state index is 7.68. The Kier molecular flexibility index (Phi) is 11.3. The molecule has 0 saturated carbocycles. The largest absolute Gasteiger partial charge is 0.490 e. The van der Waals surface area contributed by atoms with E-state index in [1.54, 1.807) is 0 Å². The average Bonchev–Trinajstić information content (AvgIpc) is 3.06. The molecule has 0 radical (unpaired) electrons. The molecule has 2 heterocycles. The molecule has 2 aliphatic heterocycles. The Morgan fingerprint density at radius 3 is 0.953 bits per heavy atom. The lowest BCUT2D eigenvalue weighted by Gasteiger charge is -2.64. The van der Waals surface area contributed by atoms with Gasteiger partial charge in [-0.25, -0.2) is 4.94 Å². The zero-order chi connectivity index (χ0) is 31.1. The van der Waals surface area contributed by atoms with Crippen LogP contribution in [-0.4, -0.2) is 44.5 Å². The highest BCUT2D eigenvalue weighted by Gasteiger charge is 2.59. The van der Waals surface area contributed by atoms with Gasteiger partial charge in [0.2, 0.25) is 0 Å². The van der Waals surface area contributed by atoms with Crippen molar-refractivity contribution in [1.29, 1.82) is 0 Å². The SMILES string of the molecule is CCC1(CC)CC(Oc2ccccc2)CC(CC)(CC)N1ON1C(CC)(CC)CC(Oc2ccccc2)CC1(CC)CC. The standard InChI is InChI=1S/C38H60N2O3/c1-9-35(10-2)27-33(41-31-23-19-17-20-24-31)28-36(11-3,12-4)39(35)43-40-37(13-5,14-6)29-34(30-38(40,15-7)16-8)42-32-25-21-18-22-26-32/h17-26,33-34H,9-16,27-30H2,1-8H3. The Hall–Kier alpha value is -2.08. The summed E-state index contributed by atoms with van der Waals surface area (Å²) in [7, 11) is 0. The summed E-state index contributed by atoms with van der Waals surface area (Å²) in [6, 6.07) is 20.8. The predicted octanol–water partition coefficient (Wildman–Crippen LogP) is 10.2. The molecule has 2 saturated heterocycles. The second kappa shape index (κ2) is 14.3. The zero-order valence-electron chi connectivity index (χ0n) is 28.5. The molecule has 0 unspecified atom stereocenters. The monoisotopic (exact) mass is 592 g/mol. The number of rotatable bonds is 14. The van der Waals surface area contributed by atoms with Crippen molar-refractivity contribution in [1.82, 2.24) is 10.1 Å². The van der Waals surface area contributed by atoms with Crippen LogP contribution in [0.4, 0.5) is 0 Å². The van der Waals surface area contributed by atoms with Gasteiger partial charge in [0, 0.05) is 25.7 Å². The highest BCUT2D eigenvalue weighted by molar-refractivity contribution is 5.23. The number of hydroxylamine groups is 4. The van der Waals surface area contributed by atoms with E-state index in [-0.39, 0.29) is 34.4 Å². The molecule has 0 spiro atoms. The Labute approximate surface area is 263 Å². The minimum absolute atomic E-state index is 0.123. The van der Waals surface area contributed by atoms with Gasteiger partial charge in [0.1, 0.15) is 23.7 Å². The molecule has 2 aliphatic rings. The van der Waals surface area contributed by atoms with E-state index in [0.29, 0.717) is 0 Å².